The van der Waals surface area contributed by atoms with E-state index in [1.807, 2.05) is 0 Å². The van der Waals surface area contributed by atoms with Crippen molar-refractivity contribution in [2.24, 2.45) is 5.10 Å². The van der Waals surface area contributed by atoms with Crippen LogP contribution in [0.15, 0.2) is 29.4 Å². The summed E-state index contributed by atoms with van der Waals surface area (Å²) in [6.45, 7) is -0.340. The van der Waals surface area contributed by atoms with Gasteiger partial charge in [0, 0.05) is 10.6 Å². The van der Waals surface area contributed by atoms with Crippen LogP contribution in [0, 0.1) is 0 Å². The van der Waals surface area contributed by atoms with Crippen molar-refractivity contribution < 1.29 is 23.7 Å². The Hall–Kier alpha value is -2.35. The van der Waals surface area contributed by atoms with Crippen molar-refractivity contribution in [2.45, 2.75) is 0 Å². The van der Waals surface area contributed by atoms with Crippen molar-refractivity contribution in [2.75, 3.05) is 27.9 Å². The molecule has 2 aromatic rings. The summed E-state index contributed by atoms with van der Waals surface area (Å²) in [4.78, 5) is 11.9. The molecular formula is C18H17Cl3N2O5. The van der Waals surface area contributed by atoms with Gasteiger partial charge >= 0.3 is 0 Å². The van der Waals surface area contributed by atoms with Crippen LogP contribution in [0.4, 0.5) is 0 Å². The Morgan fingerprint density at radius 3 is 2.04 bits per heavy atom. The summed E-state index contributed by atoms with van der Waals surface area (Å²) in [5.74, 6) is 1.04. The lowest BCUT2D eigenvalue weighted by atomic mass is 10.2. The van der Waals surface area contributed by atoms with E-state index in [4.69, 9.17) is 53.8 Å². The largest absolute Gasteiger partial charge is 0.493 e. The maximum absolute atomic E-state index is 11.9. The summed E-state index contributed by atoms with van der Waals surface area (Å²) in [5.41, 5.74) is 2.96. The number of hydrogen-bond acceptors (Lipinski definition) is 6. The molecule has 1 amide bonds. The lowest BCUT2D eigenvalue weighted by molar-refractivity contribution is -0.123. The number of amides is 1. The van der Waals surface area contributed by atoms with E-state index >= 15 is 0 Å². The van der Waals surface area contributed by atoms with E-state index in [1.165, 1.54) is 39.7 Å². The average Bonchev–Trinajstić information content (AvgIpc) is 2.66. The van der Waals surface area contributed by atoms with Gasteiger partial charge in [0.25, 0.3) is 5.91 Å². The minimum absolute atomic E-state index is 0.163. The number of rotatable bonds is 8. The number of hydrazone groups is 1. The first kappa shape index (κ1) is 21.9. The minimum Gasteiger partial charge on any atom is -0.493 e. The molecule has 0 saturated carbocycles. The Balaban J connectivity index is 2.00. The third-order valence-electron chi connectivity index (χ3n) is 3.40. The molecule has 0 unspecified atom stereocenters. The molecule has 0 heterocycles. The standard InChI is InChI=1S/C18H17Cl3N2O5/c1-25-14-4-10(5-15(26-2)18(14)27-3)8-22-23-16(24)9-28-17-12(20)6-11(19)7-13(17)21/h4-8H,9H2,1-3H3,(H,23,24)/b22-8-. The molecule has 2 rings (SSSR count). The van der Waals surface area contributed by atoms with Gasteiger partial charge in [0.2, 0.25) is 5.75 Å². The van der Waals surface area contributed by atoms with Crippen molar-refractivity contribution in [1.82, 2.24) is 5.43 Å². The predicted molar refractivity (Wildman–Crippen MR) is 109 cm³/mol. The van der Waals surface area contributed by atoms with Crippen molar-refractivity contribution >= 4 is 46.9 Å². The van der Waals surface area contributed by atoms with E-state index in [-0.39, 0.29) is 22.4 Å². The summed E-state index contributed by atoms with van der Waals surface area (Å²) in [7, 11) is 4.52. The summed E-state index contributed by atoms with van der Waals surface area (Å²) in [6, 6.07) is 6.29. The highest BCUT2D eigenvalue weighted by molar-refractivity contribution is 6.40. The minimum atomic E-state index is -0.509. The smallest absolute Gasteiger partial charge is 0.277 e. The molecule has 0 aromatic heterocycles. The number of carbonyl (C=O) groups is 1. The molecule has 0 aliphatic carbocycles. The van der Waals surface area contributed by atoms with E-state index in [0.717, 1.165) is 0 Å². The summed E-state index contributed by atoms with van der Waals surface area (Å²) in [6.07, 6.45) is 1.42. The van der Waals surface area contributed by atoms with Crippen LogP contribution in [0.3, 0.4) is 0 Å². The fourth-order valence-electron chi connectivity index (χ4n) is 2.19. The number of hydrogen-bond donors (Lipinski definition) is 1. The van der Waals surface area contributed by atoms with Gasteiger partial charge in [-0.05, 0) is 24.3 Å². The number of nitrogens with one attached hydrogen (secondary N) is 1. The second-order valence-electron chi connectivity index (χ2n) is 5.24. The lowest BCUT2D eigenvalue weighted by Crippen LogP contribution is -2.24. The molecule has 0 bridgehead atoms. The third kappa shape index (κ3) is 5.58. The summed E-state index contributed by atoms with van der Waals surface area (Å²) < 4.78 is 21.1. The van der Waals surface area contributed by atoms with Gasteiger partial charge in [-0.2, -0.15) is 5.10 Å². The Kier molecular flexibility index (Phi) is 8.04. The first-order chi connectivity index (χ1) is 13.4. The molecule has 0 radical (unpaired) electrons. The van der Waals surface area contributed by atoms with Crippen LogP contribution in [0.25, 0.3) is 0 Å². The highest BCUT2D eigenvalue weighted by Crippen LogP contribution is 2.38. The molecule has 2 aromatic carbocycles. The number of nitrogens with zero attached hydrogens (tertiary/aromatic N) is 1. The maximum atomic E-state index is 11.9. The van der Waals surface area contributed by atoms with Crippen molar-refractivity contribution in [3.63, 3.8) is 0 Å². The zero-order valence-corrected chi connectivity index (χ0v) is 17.5. The summed E-state index contributed by atoms with van der Waals surface area (Å²) >= 11 is 17.8. The first-order valence-corrected chi connectivity index (χ1v) is 8.92. The highest BCUT2D eigenvalue weighted by Gasteiger charge is 2.13. The molecular weight excluding hydrogens is 431 g/mol. The molecule has 7 nitrogen and oxygen atoms in total. The van der Waals surface area contributed by atoms with Gasteiger partial charge in [0.05, 0.1) is 37.6 Å². The van der Waals surface area contributed by atoms with E-state index in [2.05, 4.69) is 10.5 Å². The fraction of sp³-hybridized carbons (Fsp3) is 0.222. The molecule has 0 spiro atoms. The van der Waals surface area contributed by atoms with Crippen LogP contribution in [-0.2, 0) is 4.79 Å². The molecule has 0 atom stereocenters. The molecule has 0 fully saturated rings. The topological polar surface area (TPSA) is 78.4 Å². The molecule has 150 valence electrons. The Bertz CT molecular complexity index is 842. The van der Waals surface area contributed by atoms with E-state index in [9.17, 15) is 4.79 Å². The normalized spacial score (nSPS) is 10.6. The van der Waals surface area contributed by atoms with Gasteiger partial charge in [-0.15, -0.1) is 0 Å². The van der Waals surface area contributed by atoms with Gasteiger partial charge < -0.3 is 18.9 Å². The molecule has 1 N–H and O–H groups in total. The quantitative estimate of drug-likeness (QED) is 0.485. The number of ether oxygens (including phenoxy) is 4. The molecule has 28 heavy (non-hydrogen) atoms. The maximum Gasteiger partial charge on any atom is 0.277 e. The number of carbonyl (C=O) groups excluding carboxylic acids is 1. The second-order valence-corrected chi connectivity index (χ2v) is 6.49. The van der Waals surface area contributed by atoms with Gasteiger partial charge in [-0.3, -0.25) is 4.79 Å². The van der Waals surface area contributed by atoms with Gasteiger partial charge in [0.15, 0.2) is 23.9 Å². The monoisotopic (exact) mass is 446 g/mol. The van der Waals surface area contributed by atoms with E-state index < -0.39 is 5.91 Å². The summed E-state index contributed by atoms with van der Waals surface area (Å²) in [5, 5.41) is 4.64. The predicted octanol–water partition coefficient (Wildman–Crippen LogP) is 4.20. The van der Waals surface area contributed by atoms with Crippen LogP contribution in [-0.4, -0.2) is 40.1 Å². The zero-order chi connectivity index (χ0) is 20.7. The fourth-order valence-corrected chi connectivity index (χ4v) is 3.12. The van der Waals surface area contributed by atoms with Gasteiger partial charge in [0.1, 0.15) is 0 Å². The molecule has 10 heteroatoms. The highest BCUT2D eigenvalue weighted by atomic mass is 35.5. The number of methoxy groups -OCH3 is 3. The van der Waals surface area contributed by atoms with Crippen molar-refractivity contribution in [1.29, 1.82) is 0 Å². The van der Waals surface area contributed by atoms with Crippen LogP contribution < -0.4 is 24.4 Å². The van der Waals surface area contributed by atoms with E-state index in [1.54, 1.807) is 12.1 Å². The SMILES string of the molecule is COc1cc(/C=N\NC(=O)COc2c(Cl)cc(Cl)cc2Cl)cc(OC)c1OC. The Labute approximate surface area is 177 Å². The lowest BCUT2D eigenvalue weighted by Gasteiger charge is -2.12. The first-order valence-electron chi connectivity index (χ1n) is 7.78. The van der Waals surface area contributed by atoms with Gasteiger partial charge in [-0.25, -0.2) is 5.43 Å². The second kappa shape index (κ2) is 10.3. The number of halogens is 3. The third-order valence-corrected chi connectivity index (χ3v) is 4.18. The van der Waals surface area contributed by atoms with Crippen molar-refractivity contribution in [3.05, 3.63) is 44.9 Å². The van der Waals surface area contributed by atoms with Crippen LogP contribution in [0.1, 0.15) is 5.56 Å². The Morgan fingerprint density at radius 1 is 0.964 bits per heavy atom. The van der Waals surface area contributed by atoms with Crippen LogP contribution >= 0.6 is 34.8 Å². The molecule has 0 aliphatic rings. The Morgan fingerprint density at radius 2 is 1.54 bits per heavy atom. The molecule has 0 saturated heterocycles. The average molecular weight is 448 g/mol. The van der Waals surface area contributed by atoms with Crippen LogP contribution in [0.2, 0.25) is 15.1 Å². The van der Waals surface area contributed by atoms with Crippen molar-refractivity contribution in [3.8, 4) is 23.0 Å². The van der Waals surface area contributed by atoms with E-state index in [0.29, 0.717) is 27.8 Å². The van der Waals surface area contributed by atoms with Gasteiger partial charge in [-0.1, -0.05) is 34.8 Å². The molecule has 0 aliphatic heterocycles. The zero-order valence-electron chi connectivity index (χ0n) is 15.2. The number of benzene rings is 2. The van der Waals surface area contributed by atoms with Crippen LogP contribution in [0.5, 0.6) is 23.0 Å².